The Bertz CT molecular complexity index is 1160. The van der Waals surface area contributed by atoms with Crippen molar-refractivity contribution in [2.24, 2.45) is 0 Å². The van der Waals surface area contributed by atoms with Gasteiger partial charge in [-0.25, -0.2) is 0 Å². The van der Waals surface area contributed by atoms with Crippen molar-refractivity contribution in [1.82, 2.24) is 9.80 Å². The zero-order chi connectivity index (χ0) is 25.7. The molecule has 1 saturated heterocycles. The molecule has 1 unspecified atom stereocenters. The van der Waals surface area contributed by atoms with Gasteiger partial charge in [-0.05, 0) is 36.9 Å². The number of nitrogens with zero attached hydrogens (tertiary/aromatic N) is 3. The van der Waals surface area contributed by atoms with Crippen molar-refractivity contribution in [3.63, 3.8) is 0 Å². The number of rotatable bonds is 10. The molecule has 1 amide bonds. The van der Waals surface area contributed by atoms with E-state index in [1.54, 1.807) is 18.2 Å². The fourth-order valence-corrected chi connectivity index (χ4v) is 4.19. The first kappa shape index (κ1) is 25.7. The number of amides is 1. The van der Waals surface area contributed by atoms with Crippen LogP contribution in [0.4, 0.5) is 5.69 Å². The zero-order valence-corrected chi connectivity index (χ0v) is 20.2. The van der Waals surface area contributed by atoms with Crippen molar-refractivity contribution in [3.8, 4) is 11.5 Å². The summed E-state index contributed by atoms with van der Waals surface area (Å²) in [4.78, 5) is 40.6. The van der Waals surface area contributed by atoms with Crippen molar-refractivity contribution in [1.29, 1.82) is 0 Å². The number of methoxy groups -OCH3 is 2. The summed E-state index contributed by atoms with van der Waals surface area (Å²) in [5.41, 5.74) is 0.296. The largest absolute Gasteiger partial charge is 0.507 e. The second kappa shape index (κ2) is 11.0. The highest BCUT2D eigenvalue weighted by molar-refractivity contribution is 6.46. The van der Waals surface area contributed by atoms with Crippen LogP contribution in [0.1, 0.15) is 31.0 Å². The maximum absolute atomic E-state index is 13.2. The molecule has 1 N–H and O–H groups in total. The molecule has 186 valence electrons. The molecule has 35 heavy (non-hydrogen) atoms. The number of Topliss-reactive ketones (excluding diaryl/α,β-unsaturated/α-hetero) is 1. The third-order valence-corrected chi connectivity index (χ3v) is 6.15. The van der Waals surface area contributed by atoms with Gasteiger partial charge in [0.05, 0.1) is 30.8 Å². The standard InChI is InChI=1S/C25H29N3O7/c1-5-26(6-2)12-13-27-22(16-8-7-9-18(14-16)28(32)33)21(24(30)25(27)31)23(29)17-10-11-19(34-3)20(15-17)35-4/h7-11,14-15,22,29H,5-6,12-13H2,1-4H3. The van der Waals surface area contributed by atoms with Gasteiger partial charge in [-0.1, -0.05) is 26.0 Å². The molecule has 1 aliphatic heterocycles. The van der Waals surface area contributed by atoms with E-state index in [9.17, 15) is 24.8 Å². The molecule has 1 atom stereocenters. The number of nitro benzene ring substituents is 1. The van der Waals surface area contributed by atoms with Gasteiger partial charge in [-0.2, -0.15) is 0 Å². The van der Waals surface area contributed by atoms with E-state index >= 15 is 0 Å². The Morgan fingerprint density at radius 2 is 1.77 bits per heavy atom. The normalized spacial score (nSPS) is 17.2. The summed E-state index contributed by atoms with van der Waals surface area (Å²) in [6, 6.07) is 9.39. The van der Waals surface area contributed by atoms with Crippen LogP contribution in [-0.4, -0.2) is 71.9 Å². The third kappa shape index (κ3) is 5.12. The Morgan fingerprint density at radius 3 is 2.37 bits per heavy atom. The van der Waals surface area contributed by atoms with Crippen LogP contribution in [0, 0.1) is 10.1 Å². The number of hydrogen-bond acceptors (Lipinski definition) is 8. The van der Waals surface area contributed by atoms with Crippen LogP contribution < -0.4 is 9.47 Å². The molecular weight excluding hydrogens is 454 g/mol. The Morgan fingerprint density at radius 1 is 1.09 bits per heavy atom. The van der Waals surface area contributed by atoms with E-state index in [0.29, 0.717) is 23.6 Å². The van der Waals surface area contributed by atoms with E-state index in [0.717, 1.165) is 13.1 Å². The molecule has 10 nitrogen and oxygen atoms in total. The number of hydrogen-bond donors (Lipinski definition) is 1. The average molecular weight is 484 g/mol. The Kier molecular flexibility index (Phi) is 8.08. The minimum atomic E-state index is -0.987. The van der Waals surface area contributed by atoms with Crippen molar-refractivity contribution in [3.05, 3.63) is 69.3 Å². The zero-order valence-electron chi connectivity index (χ0n) is 20.2. The first-order chi connectivity index (χ1) is 16.8. The molecule has 0 saturated carbocycles. The van der Waals surface area contributed by atoms with Crippen LogP contribution in [0.15, 0.2) is 48.0 Å². The molecule has 2 aromatic carbocycles. The SMILES string of the molecule is CCN(CC)CCN1C(=O)C(=O)C(=C(O)c2ccc(OC)c(OC)c2)C1c1cccc([N+](=O)[O-])c1. The molecule has 1 heterocycles. The van der Waals surface area contributed by atoms with Gasteiger partial charge in [0.25, 0.3) is 17.4 Å². The van der Waals surface area contributed by atoms with Crippen LogP contribution in [-0.2, 0) is 9.59 Å². The maximum Gasteiger partial charge on any atom is 0.295 e. The predicted octanol–water partition coefficient (Wildman–Crippen LogP) is 3.38. The van der Waals surface area contributed by atoms with Crippen LogP contribution in [0.3, 0.4) is 0 Å². The number of benzene rings is 2. The molecule has 0 bridgehead atoms. The number of aliphatic hydroxyl groups excluding tert-OH is 1. The average Bonchev–Trinajstić information content (AvgIpc) is 3.13. The summed E-state index contributed by atoms with van der Waals surface area (Å²) in [6.07, 6.45) is 0. The molecule has 3 rings (SSSR count). The van der Waals surface area contributed by atoms with E-state index < -0.39 is 28.4 Å². The summed E-state index contributed by atoms with van der Waals surface area (Å²) in [5, 5.41) is 22.6. The molecule has 0 spiro atoms. The van der Waals surface area contributed by atoms with E-state index in [4.69, 9.17) is 9.47 Å². The Hall–Kier alpha value is -3.92. The van der Waals surface area contributed by atoms with Gasteiger partial charge in [0.1, 0.15) is 5.76 Å². The van der Waals surface area contributed by atoms with E-state index in [1.165, 1.54) is 43.4 Å². The quantitative estimate of drug-likeness (QED) is 0.179. The number of likely N-dealkylation sites (N-methyl/N-ethyl adjacent to an activating group) is 1. The van der Waals surface area contributed by atoms with Gasteiger partial charge in [0.2, 0.25) is 0 Å². The highest BCUT2D eigenvalue weighted by Gasteiger charge is 2.46. The van der Waals surface area contributed by atoms with Crippen LogP contribution in [0.2, 0.25) is 0 Å². The minimum Gasteiger partial charge on any atom is -0.507 e. The number of ether oxygens (including phenoxy) is 2. The number of nitro groups is 1. The second-order valence-corrected chi connectivity index (χ2v) is 7.94. The Labute approximate surface area is 203 Å². The molecule has 1 aliphatic rings. The lowest BCUT2D eigenvalue weighted by atomic mass is 9.95. The monoisotopic (exact) mass is 483 g/mol. The lowest BCUT2D eigenvalue weighted by Crippen LogP contribution is -2.38. The van der Waals surface area contributed by atoms with Gasteiger partial charge in [0.15, 0.2) is 11.5 Å². The molecule has 0 aromatic heterocycles. The lowest BCUT2D eigenvalue weighted by Gasteiger charge is -2.28. The van der Waals surface area contributed by atoms with Gasteiger partial charge >= 0.3 is 0 Å². The number of non-ortho nitro benzene ring substituents is 1. The van der Waals surface area contributed by atoms with E-state index in [2.05, 4.69) is 4.90 Å². The van der Waals surface area contributed by atoms with Crippen LogP contribution in [0.25, 0.3) is 5.76 Å². The molecule has 1 fully saturated rings. The molecule has 0 aliphatic carbocycles. The molecule has 2 aromatic rings. The van der Waals surface area contributed by atoms with Crippen molar-refractivity contribution >= 4 is 23.1 Å². The van der Waals surface area contributed by atoms with Crippen molar-refractivity contribution in [2.75, 3.05) is 40.4 Å². The van der Waals surface area contributed by atoms with Gasteiger partial charge in [-0.3, -0.25) is 19.7 Å². The van der Waals surface area contributed by atoms with Crippen molar-refractivity contribution < 1.29 is 29.1 Å². The first-order valence-corrected chi connectivity index (χ1v) is 11.2. The summed E-state index contributed by atoms with van der Waals surface area (Å²) < 4.78 is 10.5. The minimum absolute atomic E-state index is 0.137. The van der Waals surface area contributed by atoms with Gasteiger partial charge < -0.3 is 24.4 Å². The molecule has 10 heteroatoms. The number of likely N-dealkylation sites (tertiary alicyclic amines) is 1. The van der Waals surface area contributed by atoms with Crippen LogP contribution in [0.5, 0.6) is 11.5 Å². The summed E-state index contributed by atoms with van der Waals surface area (Å²) in [5.74, 6) is -1.26. The number of ketones is 1. The highest BCUT2D eigenvalue weighted by atomic mass is 16.6. The first-order valence-electron chi connectivity index (χ1n) is 11.2. The molecule has 0 radical (unpaired) electrons. The number of carbonyl (C=O) groups is 2. The van der Waals surface area contributed by atoms with Crippen LogP contribution >= 0.6 is 0 Å². The van der Waals surface area contributed by atoms with E-state index in [-0.39, 0.29) is 23.4 Å². The summed E-state index contributed by atoms with van der Waals surface area (Å²) in [7, 11) is 2.91. The molecular formula is C25H29N3O7. The number of carbonyl (C=O) groups excluding carboxylic acids is 2. The third-order valence-electron chi connectivity index (χ3n) is 6.15. The fourth-order valence-electron chi connectivity index (χ4n) is 4.19. The summed E-state index contributed by atoms with van der Waals surface area (Å²) >= 11 is 0. The Balaban J connectivity index is 2.17. The predicted molar refractivity (Wildman–Crippen MR) is 129 cm³/mol. The van der Waals surface area contributed by atoms with Crippen molar-refractivity contribution in [2.45, 2.75) is 19.9 Å². The summed E-state index contributed by atoms with van der Waals surface area (Å²) in [6.45, 7) is 6.21. The lowest BCUT2D eigenvalue weighted by molar-refractivity contribution is -0.384. The second-order valence-electron chi connectivity index (χ2n) is 7.94. The maximum atomic E-state index is 13.2. The van der Waals surface area contributed by atoms with E-state index in [1.807, 2.05) is 13.8 Å². The topological polar surface area (TPSA) is 122 Å². The van der Waals surface area contributed by atoms with Gasteiger partial charge in [0, 0.05) is 30.8 Å². The highest BCUT2D eigenvalue weighted by Crippen LogP contribution is 2.41. The smallest absolute Gasteiger partial charge is 0.295 e. The number of aliphatic hydroxyl groups is 1. The van der Waals surface area contributed by atoms with Gasteiger partial charge in [-0.15, -0.1) is 0 Å². The fraction of sp³-hybridized carbons (Fsp3) is 0.360.